The van der Waals surface area contributed by atoms with Crippen molar-refractivity contribution in [3.63, 3.8) is 0 Å². The first-order valence-corrected chi connectivity index (χ1v) is 6.29. The molecule has 0 aliphatic carbocycles. The van der Waals surface area contributed by atoms with Gasteiger partial charge >= 0.3 is 0 Å². The second-order valence-corrected chi connectivity index (χ2v) is 5.13. The summed E-state index contributed by atoms with van der Waals surface area (Å²) in [5.74, 6) is 0.630. The summed E-state index contributed by atoms with van der Waals surface area (Å²) in [6.45, 7) is 6.74. The first kappa shape index (κ1) is 13.2. The molecule has 1 nitrogen and oxygen atoms in total. The van der Waals surface area contributed by atoms with Gasteiger partial charge in [-0.15, -0.1) is 0 Å². The second kappa shape index (κ2) is 6.05. The average Bonchev–Trinajstić information content (AvgIpc) is 2.26. The van der Waals surface area contributed by atoms with Crippen molar-refractivity contribution < 1.29 is 0 Å². The number of likely N-dealkylation sites (N-methyl/N-ethyl adjacent to an activating group) is 1. The summed E-state index contributed by atoms with van der Waals surface area (Å²) in [7, 11) is 4.33. The van der Waals surface area contributed by atoms with E-state index in [0.717, 1.165) is 6.42 Å². The van der Waals surface area contributed by atoms with Gasteiger partial charge in [-0.1, -0.05) is 45.0 Å². The summed E-state index contributed by atoms with van der Waals surface area (Å²) in [5, 5.41) is 0. The molecule has 0 aromatic heterocycles. The Kier molecular flexibility index (Phi) is 5.01. The maximum absolute atomic E-state index is 2.32. The van der Waals surface area contributed by atoms with Gasteiger partial charge in [0.1, 0.15) is 0 Å². The Bertz CT molecular complexity index is 298. The molecule has 0 radical (unpaired) electrons. The maximum atomic E-state index is 2.32. The molecule has 1 atom stereocenters. The van der Waals surface area contributed by atoms with E-state index in [2.05, 4.69) is 64.0 Å². The zero-order valence-electron chi connectivity index (χ0n) is 11.3. The lowest BCUT2D eigenvalue weighted by molar-refractivity contribution is 0.284. The summed E-state index contributed by atoms with van der Waals surface area (Å²) in [4.78, 5) is 2.32. The molecule has 1 aromatic rings. The first-order valence-electron chi connectivity index (χ1n) is 6.29. The lowest BCUT2D eigenvalue weighted by Crippen LogP contribution is -2.29. The predicted molar refractivity (Wildman–Crippen MR) is 72.0 cm³/mol. The molecule has 0 saturated carbocycles. The van der Waals surface area contributed by atoms with Gasteiger partial charge in [-0.25, -0.2) is 0 Å². The molecule has 0 saturated heterocycles. The zero-order chi connectivity index (χ0) is 12.1. The first-order chi connectivity index (χ1) is 7.54. The van der Waals surface area contributed by atoms with E-state index in [4.69, 9.17) is 0 Å². The standard InChI is InChI=1S/C15H25N/c1-6-15(16(4)5)11-13-7-9-14(10-8-13)12(2)3/h7-10,12,15H,6,11H2,1-5H3. The van der Waals surface area contributed by atoms with Crippen LogP contribution in [0.15, 0.2) is 24.3 Å². The third-order valence-corrected chi connectivity index (χ3v) is 3.32. The van der Waals surface area contributed by atoms with Gasteiger partial charge in [-0.2, -0.15) is 0 Å². The van der Waals surface area contributed by atoms with Crippen LogP contribution < -0.4 is 0 Å². The minimum atomic E-state index is 0.630. The minimum Gasteiger partial charge on any atom is -0.306 e. The Labute approximate surface area is 100 Å². The molecule has 0 aliphatic rings. The topological polar surface area (TPSA) is 3.24 Å². The molecule has 1 heteroatoms. The highest BCUT2D eigenvalue weighted by Crippen LogP contribution is 2.16. The smallest absolute Gasteiger partial charge is 0.0127 e. The third kappa shape index (κ3) is 3.64. The normalized spacial score (nSPS) is 13.4. The van der Waals surface area contributed by atoms with Crippen molar-refractivity contribution in [2.75, 3.05) is 14.1 Å². The van der Waals surface area contributed by atoms with E-state index >= 15 is 0 Å². The van der Waals surface area contributed by atoms with E-state index in [-0.39, 0.29) is 0 Å². The summed E-state index contributed by atoms with van der Waals surface area (Å²) >= 11 is 0. The molecule has 1 unspecified atom stereocenters. The Balaban J connectivity index is 2.67. The Morgan fingerprint density at radius 2 is 1.62 bits per heavy atom. The van der Waals surface area contributed by atoms with Crippen LogP contribution in [-0.4, -0.2) is 25.0 Å². The van der Waals surface area contributed by atoms with Gasteiger partial charge in [-0.05, 0) is 44.0 Å². The van der Waals surface area contributed by atoms with Crippen LogP contribution in [0, 0.1) is 0 Å². The van der Waals surface area contributed by atoms with Gasteiger partial charge in [0, 0.05) is 6.04 Å². The highest BCUT2D eigenvalue weighted by atomic mass is 15.1. The van der Waals surface area contributed by atoms with E-state index < -0.39 is 0 Å². The summed E-state index contributed by atoms with van der Waals surface area (Å²) in [5.41, 5.74) is 2.88. The number of hydrogen-bond donors (Lipinski definition) is 0. The average molecular weight is 219 g/mol. The van der Waals surface area contributed by atoms with Crippen molar-refractivity contribution >= 4 is 0 Å². The van der Waals surface area contributed by atoms with Gasteiger partial charge in [-0.3, -0.25) is 0 Å². The van der Waals surface area contributed by atoms with Crippen molar-refractivity contribution in [2.24, 2.45) is 0 Å². The van der Waals surface area contributed by atoms with E-state index in [0.29, 0.717) is 12.0 Å². The fourth-order valence-corrected chi connectivity index (χ4v) is 2.00. The van der Waals surface area contributed by atoms with Gasteiger partial charge in [0.15, 0.2) is 0 Å². The fraction of sp³-hybridized carbons (Fsp3) is 0.600. The van der Waals surface area contributed by atoms with Crippen LogP contribution in [0.3, 0.4) is 0 Å². The predicted octanol–water partition coefficient (Wildman–Crippen LogP) is 3.69. The van der Waals surface area contributed by atoms with Gasteiger partial charge in [0.2, 0.25) is 0 Å². The molecule has 0 aliphatic heterocycles. The molecule has 90 valence electrons. The highest BCUT2D eigenvalue weighted by Gasteiger charge is 2.09. The molecule has 16 heavy (non-hydrogen) atoms. The number of nitrogens with zero attached hydrogens (tertiary/aromatic N) is 1. The van der Waals surface area contributed by atoms with Crippen LogP contribution in [0.25, 0.3) is 0 Å². The number of hydrogen-bond acceptors (Lipinski definition) is 1. The molecule has 1 aromatic carbocycles. The Morgan fingerprint density at radius 3 is 2.00 bits per heavy atom. The molecule has 0 fully saturated rings. The van der Waals surface area contributed by atoms with Gasteiger partial charge in [0.25, 0.3) is 0 Å². The van der Waals surface area contributed by atoms with Gasteiger partial charge in [0.05, 0.1) is 0 Å². The summed E-state index contributed by atoms with van der Waals surface area (Å²) < 4.78 is 0. The molecular weight excluding hydrogens is 194 g/mol. The quantitative estimate of drug-likeness (QED) is 0.730. The van der Waals surface area contributed by atoms with Crippen LogP contribution in [0.2, 0.25) is 0 Å². The summed E-state index contributed by atoms with van der Waals surface area (Å²) in [6, 6.07) is 9.75. The fourth-order valence-electron chi connectivity index (χ4n) is 2.00. The Hall–Kier alpha value is -0.820. The number of benzene rings is 1. The van der Waals surface area contributed by atoms with Crippen LogP contribution in [0.1, 0.15) is 44.2 Å². The van der Waals surface area contributed by atoms with Crippen molar-refractivity contribution in [1.29, 1.82) is 0 Å². The monoisotopic (exact) mass is 219 g/mol. The van der Waals surface area contributed by atoms with Crippen LogP contribution in [0.5, 0.6) is 0 Å². The maximum Gasteiger partial charge on any atom is 0.0127 e. The molecular formula is C15H25N. The van der Waals surface area contributed by atoms with Crippen LogP contribution >= 0.6 is 0 Å². The molecule has 0 bridgehead atoms. The van der Waals surface area contributed by atoms with E-state index in [9.17, 15) is 0 Å². The molecule has 0 spiro atoms. The van der Waals surface area contributed by atoms with Crippen molar-refractivity contribution in [2.45, 2.75) is 45.6 Å². The molecule has 1 rings (SSSR count). The minimum absolute atomic E-state index is 0.630. The van der Waals surface area contributed by atoms with Crippen molar-refractivity contribution in [3.05, 3.63) is 35.4 Å². The van der Waals surface area contributed by atoms with Crippen molar-refractivity contribution in [3.8, 4) is 0 Å². The largest absolute Gasteiger partial charge is 0.306 e. The lowest BCUT2D eigenvalue weighted by Gasteiger charge is -2.23. The van der Waals surface area contributed by atoms with E-state index in [1.54, 1.807) is 0 Å². The molecule has 0 N–H and O–H groups in total. The van der Waals surface area contributed by atoms with Crippen LogP contribution in [-0.2, 0) is 6.42 Å². The molecule has 0 amide bonds. The molecule has 0 heterocycles. The SMILES string of the molecule is CCC(Cc1ccc(C(C)C)cc1)N(C)C. The third-order valence-electron chi connectivity index (χ3n) is 3.32. The van der Waals surface area contributed by atoms with Crippen LogP contribution in [0.4, 0.5) is 0 Å². The zero-order valence-corrected chi connectivity index (χ0v) is 11.3. The lowest BCUT2D eigenvalue weighted by atomic mass is 9.98. The second-order valence-electron chi connectivity index (χ2n) is 5.13. The van der Waals surface area contributed by atoms with E-state index in [1.807, 2.05) is 0 Å². The van der Waals surface area contributed by atoms with E-state index in [1.165, 1.54) is 17.5 Å². The summed E-state index contributed by atoms with van der Waals surface area (Å²) in [6.07, 6.45) is 2.36. The number of rotatable bonds is 5. The van der Waals surface area contributed by atoms with Gasteiger partial charge < -0.3 is 4.90 Å². The highest BCUT2D eigenvalue weighted by molar-refractivity contribution is 5.25. The Morgan fingerprint density at radius 1 is 1.06 bits per heavy atom. The van der Waals surface area contributed by atoms with Crippen molar-refractivity contribution in [1.82, 2.24) is 4.90 Å².